The first-order valence-electron chi connectivity index (χ1n) is 60.7. The minimum Gasteiger partial charge on any atom is -0.330 e. The molecule has 7 unspecified atom stereocenters. The van der Waals surface area contributed by atoms with E-state index in [1.807, 2.05) is 0 Å². The predicted molar refractivity (Wildman–Crippen MR) is 530 cm³/mol. The molecule has 0 rings (SSSR count). The molecule has 0 aliphatic heterocycles. The van der Waals surface area contributed by atoms with Gasteiger partial charge in [0.25, 0.3) is 0 Å². The van der Waals surface area contributed by atoms with E-state index < -0.39 is 237 Å². The zero-order chi connectivity index (χ0) is 138. The van der Waals surface area contributed by atoms with Crippen molar-refractivity contribution in [1.82, 2.24) is 0 Å². The van der Waals surface area contributed by atoms with Crippen LogP contribution in [-0.4, -0.2) is 222 Å². The Bertz CT molecular complexity index is 3840. The van der Waals surface area contributed by atoms with Gasteiger partial charge < -0.3 is 74.5 Å². The van der Waals surface area contributed by atoms with Crippen LogP contribution in [0, 0.1) is 0 Å². The van der Waals surface area contributed by atoms with Gasteiger partial charge in [0, 0.05) is 319 Å². The van der Waals surface area contributed by atoms with Crippen molar-refractivity contribution < 1.29 is 97.3 Å². The fraction of sp³-hybridized carbons (Fsp3) is 1.00. The highest BCUT2D eigenvalue weighted by Crippen LogP contribution is 2.26. The summed E-state index contributed by atoms with van der Waals surface area (Å²) in [4.78, 5) is 0. The van der Waals surface area contributed by atoms with Gasteiger partial charge in [-0.1, -0.05) is 335 Å². The van der Waals surface area contributed by atoms with E-state index in [0.717, 1.165) is 96.3 Å². The zero-order valence-corrected chi connectivity index (χ0v) is 74.3. The molecule has 0 aromatic carbocycles. The summed E-state index contributed by atoms with van der Waals surface area (Å²) in [5.74, 6) is 0.815. The summed E-state index contributed by atoms with van der Waals surface area (Å²) >= 11 is 0. The van der Waals surface area contributed by atoms with E-state index in [1.165, 1.54) is 80.8 Å². The van der Waals surface area contributed by atoms with Crippen LogP contribution in [0.3, 0.4) is 0 Å². The summed E-state index contributed by atoms with van der Waals surface area (Å²) in [5.41, 5.74) is 29.7. The Morgan fingerprint density at radius 1 is 0.188 bits per heavy atom. The molecule has 26 N–H and O–H groups in total. The second-order valence-corrected chi connectivity index (χ2v) is 34.3. The van der Waals surface area contributed by atoms with Crippen molar-refractivity contribution in [2.45, 2.75) is 146 Å². The summed E-state index contributed by atoms with van der Waals surface area (Å²) in [7, 11) is 16.7. The fourth-order valence-electron chi connectivity index (χ4n) is 1.59. The molecule has 0 aliphatic carbocycles. The van der Waals surface area contributed by atoms with Gasteiger partial charge in [0.15, 0.2) is 0 Å². The van der Waals surface area contributed by atoms with Crippen LogP contribution in [0.1, 0.15) is 244 Å². The predicted octanol–water partition coefficient (Wildman–Crippen LogP) is 19.4. The van der Waals surface area contributed by atoms with Crippen molar-refractivity contribution in [2.75, 3.05) is 222 Å². The summed E-state index contributed by atoms with van der Waals surface area (Å²) in [6.07, 6.45) is -16.1. The molecule has 0 heterocycles. The van der Waals surface area contributed by atoms with Gasteiger partial charge >= 0.3 is 0 Å². The van der Waals surface area contributed by atoms with Crippen molar-refractivity contribution >= 4 is 259 Å². The summed E-state index contributed by atoms with van der Waals surface area (Å²) in [6, 6.07) is 0. The van der Waals surface area contributed by atoms with Crippen molar-refractivity contribution in [3.05, 3.63) is 0 Å². The van der Waals surface area contributed by atoms with Crippen molar-refractivity contribution in [2.24, 2.45) is 74.5 Å². The highest BCUT2D eigenvalue weighted by Gasteiger charge is 1.91. The Balaban J connectivity index is -0.000000157. The van der Waals surface area contributed by atoms with Crippen LogP contribution in [-0.2, 0) is 0 Å². The van der Waals surface area contributed by atoms with Crippen LogP contribution in [0.25, 0.3) is 0 Å². The maximum Gasteiger partial charge on any atom is 0.0434 e. The lowest BCUT2D eigenvalue weighted by Gasteiger charge is -1.93. The largest absolute Gasteiger partial charge is 0.330 e. The molecule has 96 heavy (non-hydrogen) atoms. The normalized spacial score (nSPS) is 27.8. The Labute approximate surface area is 794 Å². The molecule has 37 heteroatoms. The number of hydrogen-bond acceptors (Lipinski definition) is 37. The molecule has 0 bridgehead atoms. The fourth-order valence-corrected chi connectivity index (χ4v) is 14.3. The Morgan fingerprint density at radius 3 is 0.656 bits per heavy atom. The second-order valence-electron chi connectivity index (χ2n) is 10.7. The summed E-state index contributed by atoms with van der Waals surface area (Å²) in [5, 5.41) is 0. The molecule has 0 saturated heterocycles. The topological polar surface area (TPSA) is 338 Å². The van der Waals surface area contributed by atoms with E-state index in [9.17, 15) is 0 Å². The molecule has 0 aromatic rings. The van der Waals surface area contributed by atoms with E-state index in [1.54, 1.807) is 6.92 Å². The van der Waals surface area contributed by atoms with Gasteiger partial charge in [-0.05, 0) is 70.2 Å². The van der Waals surface area contributed by atoms with E-state index in [2.05, 4.69) is 0 Å². The van der Waals surface area contributed by atoms with E-state index in [4.69, 9.17) is 172 Å². The molecule has 0 radical (unpaired) electrons. The first-order valence-corrected chi connectivity index (χ1v) is 51.5. The third-order valence-electron chi connectivity index (χ3n) is 4.08. The molecule has 0 aliphatic rings. The molecular formula is C59H155N13S24. The van der Waals surface area contributed by atoms with Crippen LogP contribution < -0.4 is 74.5 Å². The van der Waals surface area contributed by atoms with Gasteiger partial charge in [-0.2, -0.15) is 0 Å². The monoisotopic (exact) mass is 1890 g/mol. The minimum atomic E-state index is -2.62. The van der Waals surface area contributed by atoms with Crippen molar-refractivity contribution in [3.63, 3.8) is 0 Å². The molecule has 7 atom stereocenters. The van der Waals surface area contributed by atoms with Crippen LogP contribution in [0.5, 0.6) is 0 Å². The number of nitrogens with two attached hydrogens (primary N) is 13. The average Bonchev–Trinajstić information content (AvgIpc) is 0.807. The van der Waals surface area contributed by atoms with Gasteiger partial charge in [0.2, 0.25) is 0 Å². The van der Waals surface area contributed by atoms with Crippen LogP contribution in [0.15, 0.2) is 0 Å². The second kappa shape index (κ2) is 167. The Morgan fingerprint density at radius 2 is 0.406 bits per heavy atom. The molecule has 0 aromatic heterocycles. The number of rotatable bonds is 60. The zero-order valence-electron chi connectivity index (χ0n) is 126. The maximum absolute atomic E-state index is 7.37. The Kier molecular flexibility index (Phi) is 72.2. The van der Waals surface area contributed by atoms with Gasteiger partial charge in [0.05, 0.1) is 0 Å². The Hall–Kier alpha value is 7.88. The first-order chi connectivity index (χ1) is 71.8. The standard InChI is InChI=1S/11C5H13NS2.C4H12N2S2/c11*1-2-4-7-8-5-3-6;5-1-3-7-8-4-2-6/h11*2-6H2,1H3;1-6H2/i2D2,3D2,4D2,5D2;2D2,3D2,4D,5D2;2D2,3D,4D2,5D2;2D2,3D,4D,5D2;2D,3D2,4D2,5D2;3D2,4D2,5D2;2D2,4D2,5D2;2D2,4D,5D2;2D2,3D2,5D2;2D2,3D,5D2;2D2,5D2;1D2,2D2. The van der Waals surface area contributed by atoms with Crippen molar-refractivity contribution in [1.29, 1.82) is 0 Å². The molecule has 13 nitrogen and oxygen atoms in total. The average molecular weight is 1890 g/mol. The van der Waals surface area contributed by atoms with Crippen LogP contribution in [0.2, 0.25) is 0 Å². The molecular weight excluding hydrogens is 1660 g/mol. The van der Waals surface area contributed by atoms with E-state index >= 15 is 0 Å². The SMILES string of the molecule is [2H]C(C)C([2H])([2H])SSC([2H])([2H])C([2H])([2H])N.[2H]C(N)C([2H])([2H])SSC([2H])([2H])C([2H])([2H])C.[2H]C(N)C([2H])([2H])SSCC([2H])([2H])C.[2H]C(SSC([2H])([2H])C([2H])([2H])N)C([2H])([2H])C.[2H]C(SSC([2H])([2H])C([2H])N)C([2H])([2H])C.[2H]C(SSC([2H])([2H])CN)C([2H])([2H])C.[2H]C([2H])(C)C([2H])([2H])SSC([2H])([2H])C([2H])([2H])N.[2H]C([2H])(C)CSSC([2H])([2H])C([2H])([2H])N.[2H]C([2H])(C)CSSC([2H])([2H])CN.[2H]C([2H])(CC)SSC([2H])([2H])C([2H])([2H])N.[2H]C([2H])(CN)SSC([2H])([2H])C([2H])([2H])C.[2H]C([2H])(N)CSSCC([2H])([2H])N. The maximum atomic E-state index is 7.37. The minimum absolute atomic E-state index is 0.0443. The number of hydrogen-bond donors (Lipinski definition) is 13. The highest BCUT2D eigenvalue weighted by molar-refractivity contribution is 8.79. The molecule has 600 valence electrons. The summed E-state index contributed by atoms with van der Waals surface area (Å²) < 4.78 is 511. The van der Waals surface area contributed by atoms with Gasteiger partial charge in [-0.15, -0.1) is 0 Å². The van der Waals surface area contributed by atoms with Crippen LogP contribution in [0.4, 0.5) is 0 Å². The highest BCUT2D eigenvalue weighted by atomic mass is 33.1. The van der Waals surface area contributed by atoms with Gasteiger partial charge in [0.1, 0.15) is 0 Å². The smallest absolute Gasteiger partial charge is 0.0434 e. The molecule has 0 fully saturated rings. The third-order valence-corrected chi connectivity index (χ3v) is 23.1. The quantitative estimate of drug-likeness (QED) is 0.0199. The van der Waals surface area contributed by atoms with Gasteiger partial charge in [-0.25, -0.2) is 0 Å². The molecule has 0 saturated carbocycles. The summed E-state index contributed by atoms with van der Waals surface area (Å²) in [6.45, 7) is -6.30. The lowest BCUT2D eigenvalue weighted by molar-refractivity contribution is 1.11. The third kappa shape index (κ3) is 225. The van der Waals surface area contributed by atoms with E-state index in [0.29, 0.717) is 140 Å². The lowest BCUT2D eigenvalue weighted by Crippen LogP contribution is -2.02. The first kappa shape index (κ1) is 41.4. The lowest BCUT2D eigenvalue weighted by atomic mass is 10.6. The van der Waals surface area contributed by atoms with E-state index in [-0.39, 0.29) is 65.6 Å². The van der Waals surface area contributed by atoms with Gasteiger partial charge in [-0.3, -0.25) is 0 Å². The van der Waals surface area contributed by atoms with Crippen LogP contribution >= 0.6 is 259 Å². The molecule has 0 amide bonds. The van der Waals surface area contributed by atoms with Crippen molar-refractivity contribution in [3.8, 4) is 0 Å². The molecule has 0 spiro atoms.